The summed E-state index contributed by atoms with van der Waals surface area (Å²) in [5.41, 5.74) is -0.192. The van der Waals surface area contributed by atoms with Gasteiger partial charge in [0, 0.05) is 28.6 Å². The van der Waals surface area contributed by atoms with E-state index in [0.717, 1.165) is 12.1 Å². The molecule has 1 N–H and O–H groups in total. The van der Waals surface area contributed by atoms with Crippen molar-refractivity contribution in [3.8, 4) is 11.3 Å². The van der Waals surface area contributed by atoms with Gasteiger partial charge in [-0.1, -0.05) is 12.1 Å². The number of rotatable bonds is 3. The lowest BCUT2D eigenvalue weighted by Crippen LogP contribution is -2.04. The maximum atomic E-state index is 12.9. The molecule has 0 unspecified atom stereocenters. The molecule has 0 saturated heterocycles. The first-order valence-corrected chi connectivity index (χ1v) is 6.74. The SMILES string of the molecule is O=Cc1c(-c2cccc(C(F)(F)F)c2)[nH]c2ccc([N+](=O)[O-])cc12. The topological polar surface area (TPSA) is 76.0 Å². The number of carbonyl (C=O) groups is 1. The van der Waals surface area contributed by atoms with E-state index in [1.54, 1.807) is 0 Å². The fraction of sp³-hybridized carbons (Fsp3) is 0.0625. The second-order valence-corrected chi connectivity index (χ2v) is 5.10. The zero-order valence-corrected chi connectivity index (χ0v) is 11.9. The Morgan fingerprint density at radius 1 is 1.12 bits per heavy atom. The van der Waals surface area contributed by atoms with Crippen LogP contribution in [0.5, 0.6) is 0 Å². The van der Waals surface area contributed by atoms with E-state index in [1.165, 1.54) is 30.3 Å². The summed E-state index contributed by atoms with van der Waals surface area (Å²) in [6.45, 7) is 0. The summed E-state index contributed by atoms with van der Waals surface area (Å²) >= 11 is 0. The zero-order chi connectivity index (χ0) is 17.5. The standard InChI is InChI=1S/C16H9F3N2O3/c17-16(18,19)10-3-1-2-9(6-10)15-13(8-22)12-7-11(21(23)24)4-5-14(12)20-15/h1-8,20H. The van der Waals surface area contributed by atoms with Crippen LogP contribution in [0.15, 0.2) is 42.5 Å². The van der Waals surface area contributed by atoms with Crippen molar-refractivity contribution in [2.75, 3.05) is 0 Å². The van der Waals surface area contributed by atoms with Crippen LogP contribution in [0.2, 0.25) is 0 Å². The first-order chi connectivity index (χ1) is 11.3. The molecule has 0 bridgehead atoms. The van der Waals surface area contributed by atoms with Gasteiger partial charge in [-0.15, -0.1) is 0 Å². The van der Waals surface area contributed by atoms with Gasteiger partial charge < -0.3 is 4.98 Å². The van der Waals surface area contributed by atoms with Crippen molar-refractivity contribution in [1.29, 1.82) is 0 Å². The highest BCUT2D eigenvalue weighted by atomic mass is 19.4. The number of aromatic nitrogens is 1. The minimum atomic E-state index is -4.51. The van der Waals surface area contributed by atoms with Gasteiger partial charge in [-0.05, 0) is 23.8 Å². The van der Waals surface area contributed by atoms with E-state index >= 15 is 0 Å². The highest BCUT2D eigenvalue weighted by Gasteiger charge is 2.30. The van der Waals surface area contributed by atoms with Crippen molar-refractivity contribution in [2.24, 2.45) is 0 Å². The molecule has 122 valence electrons. The van der Waals surface area contributed by atoms with Crippen LogP contribution in [-0.2, 0) is 6.18 Å². The van der Waals surface area contributed by atoms with E-state index in [0.29, 0.717) is 11.8 Å². The van der Waals surface area contributed by atoms with Crippen LogP contribution in [0.25, 0.3) is 22.2 Å². The Bertz CT molecular complexity index is 961. The van der Waals surface area contributed by atoms with Gasteiger partial charge in [0.2, 0.25) is 0 Å². The molecular weight excluding hydrogens is 325 g/mol. The lowest BCUT2D eigenvalue weighted by Gasteiger charge is -2.08. The molecule has 2 aromatic carbocycles. The number of nitro benzene ring substituents is 1. The average molecular weight is 334 g/mol. The molecule has 0 spiro atoms. The van der Waals surface area contributed by atoms with Crippen LogP contribution in [0.3, 0.4) is 0 Å². The number of hydrogen-bond acceptors (Lipinski definition) is 3. The van der Waals surface area contributed by atoms with E-state index in [4.69, 9.17) is 0 Å². The van der Waals surface area contributed by atoms with Crippen LogP contribution in [0, 0.1) is 10.1 Å². The van der Waals surface area contributed by atoms with Crippen molar-refractivity contribution in [3.63, 3.8) is 0 Å². The molecule has 0 amide bonds. The Balaban J connectivity index is 2.23. The molecule has 1 heterocycles. The third-order valence-electron chi connectivity index (χ3n) is 3.63. The Labute approximate surface area is 132 Å². The van der Waals surface area contributed by atoms with Crippen LogP contribution in [0.4, 0.5) is 18.9 Å². The summed E-state index contributed by atoms with van der Waals surface area (Å²) in [5.74, 6) is 0. The number of nitrogens with one attached hydrogen (secondary N) is 1. The van der Waals surface area contributed by atoms with Crippen LogP contribution in [0.1, 0.15) is 15.9 Å². The van der Waals surface area contributed by atoms with Crippen molar-refractivity contribution in [2.45, 2.75) is 6.18 Å². The zero-order valence-electron chi connectivity index (χ0n) is 11.9. The first kappa shape index (κ1) is 15.7. The number of hydrogen-bond donors (Lipinski definition) is 1. The molecule has 0 aliphatic heterocycles. The number of fused-ring (bicyclic) bond motifs is 1. The number of H-pyrrole nitrogens is 1. The molecule has 0 aliphatic rings. The maximum Gasteiger partial charge on any atom is 0.416 e. The summed E-state index contributed by atoms with van der Waals surface area (Å²) in [4.78, 5) is 24.5. The third-order valence-corrected chi connectivity index (χ3v) is 3.63. The molecular formula is C16H9F3N2O3. The van der Waals surface area contributed by atoms with Gasteiger partial charge in [-0.2, -0.15) is 13.2 Å². The van der Waals surface area contributed by atoms with Crippen molar-refractivity contribution in [3.05, 3.63) is 63.7 Å². The van der Waals surface area contributed by atoms with Crippen molar-refractivity contribution >= 4 is 22.9 Å². The summed E-state index contributed by atoms with van der Waals surface area (Å²) in [6, 6.07) is 8.40. The van der Waals surface area contributed by atoms with Gasteiger partial charge in [0.1, 0.15) is 0 Å². The van der Waals surface area contributed by atoms with Gasteiger partial charge >= 0.3 is 6.18 Å². The predicted molar refractivity (Wildman–Crippen MR) is 80.8 cm³/mol. The highest BCUT2D eigenvalue weighted by molar-refractivity contribution is 6.05. The molecule has 0 saturated carbocycles. The average Bonchev–Trinajstić information content (AvgIpc) is 2.91. The molecule has 0 aliphatic carbocycles. The second kappa shape index (κ2) is 5.48. The fourth-order valence-corrected chi connectivity index (χ4v) is 2.52. The van der Waals surface area contributed by atoms with Gasteiger partial charge in [0.05, 0.1) is 16.2 Å². The van der Waals surface area contributed by atoms with Gasteiger partial charge in [-0.3, -0.25) is 14.9 Å². The summed E-state index contributed by atoms with van der Waals surface area (Å²) in [6.07, 6.45) is -4.04. The van der Waals surface area contributed by atoms with Gasteiger partial charge in [0.25, 0.3) is 5.69 Å². The number of halogens is 3. The molecule has 0 radical (unpaired) electrons. The van der Waals surface area contributed by atoms with Gasteiger partial charge in [0.15, 0.2) is 6.29 Å². The van der Waals surface area contributed by atoms with Crippen molar-refractivity contribution in [1.82, 2.24) is 4.98 Å². The Morgan fingerprint density at radius 3 is 2.50 bits per heavy atom. The number of aromatic amines is 1. The summed E-state index contributed by atoms with van der Waals surface area (Å²) in [7, 11) is 0. The number of benzene rings is 2. The molecule has 8 heteroatoms. The van der Waals surface area contributed by atoms with Crippen LogP contribution in [-0.4, -0.2) is 16.2 Å². The first-order valence-electron chi connectivity index (χ1n) is 6.74. The monoisotopic (exact) mass is 334 g/mol. The normalized spacial score (nSPS) is 11.6. The molecule has 3 aromatic rings. The molecule has 3 rings (SSSR count). The lowest BCUT2D eigenvalue weighted by molar-refractivity contribution is -0.384. The predicted octanol–water partition coefficient (Wildman–Crippen LogP) is 4.57. The number of non-ortho nitro benzene ring substituents is 1. The second-order valence-electron chi connectivity index (χ2n) is 5.10. The number of aldehydes is 1. The largest absolute Gasteiger partial charge is 0.416 e. The molecule has 0 fully saturated rings. The molecule has 24 heavy (non-hydrogen) atoms. The Kier molecular flexibility index (Phi) is 3.59. The van der Waals surface area contributed by atoms with Gasteiger partial charge in [-0.25, -0.2) is 0 Å². The number of carbonyl (C=O) groups excluding carboxylic acids is 1. The number of nitro groups is 1. The minimum absolute atomic E-state index is 0.0769. The molecule has 5 nitrogen and oxygen atoms in total. The van der Waals surface area contributed by atoms with E-state index in [9.17, 15) is 28.1 Å². The van der Waals surface area contributed by atoms with Crippen LogP contribution >= 0.6 is 0 Å². The van der Waals surface area contributed by atoms with E-state index in [-0.39, 0.29) is 27.9 Å². The number of nitrogens with zero attached hydrogens (tertiary/aromatic N) is 1. The van der Waals surface area contributed by atoms with E-state index < -0.39 is 16.7 Å². The quantitative estimate of drug-likeness (QED) is 0.433. The maximum absolute atomic E-state index is 12.9. The van der Waals surface area contributed by atoms with Crippen molar-refractivity contribution < 1.29 is 22.9 Å². The smallest absolute Gasteiger partial charge is 0.354 e. The number of alkyl halides is 3. The lowest BCUT2D eigenvalue weighted by atomic mass is 10.0. The highest BCUT2D eigenvalue weighted by Crippen LogP contribution is 2.35. The Morgan fingerprint density at radius 2 is 1.88 bits per heavy atom. The summed E-state index contributed by atoms with van der Waals surface area (Å²) < 4.78 is 38.6. The van der Waals surface area contributed by atoms with E-state index in [1.807, 2.05) is 0 Å². The Hall–Kier alpha value is -3.16. The molecule has 1 aromatic heterocycles. The third kappa shape index (κ3) is 2.62. The van der Waals surface area contributed by atoms with Crippen LogP contribution < -0.4 is 0 Å². The summed E-state index contributed by atoms with van der Waals surface area (Å²) in [5, 5.41) is 11.1. The fourth-order valence-electron chi connectivity index (χ4n) is 2.52. The minimum Gasteiger partial charge on any atom is -0.354 e. The molecule has 0 atom stereocenters. The van der Waals surface area contributed by atoms with E-state index in [2.05, 4.69) is 4.98 Å².